The third-order valence-corrected chi connectivity index (χ3v) is 3.44. The van der Waals surface area contributed by atoms with E-state index >= 15 is 0 Å². The topological polar surface area (TPSA) is 90.1 Å². The fourth-order valence-corrected chi connectivity index (χ4v) is 2.40. The molecule has 1 amide bonds. The molecule has 0 saturated carbocycles. The fourth-order valence-electron chi connectivity index (χ4n) is 1.61. The van der Waals surface area contributed by atoms with Crippen LogP contribution in [0.3, 0.4) is 0 Å². The number of benzene rings is 1. The van der Waals surface area contributed by atoms with E-state index in [9.17, 15) is 4.79 Å². The van der Waals surface area contributed by atoms with Gasteiger partial charge in [0.15, 0.2) is 0 Å². The van der Waals surface area contributed by atoms with E-state index in [1.54, 1.807) is 7.11 Å². The average molecular weight is 292 g/mol. The lowest BCUT2D eigenvalue weighted by Gasteiger charge is -2.01. The maximum atomic E-state index is 11.4. The van der Waals surface area contributed by atoms with Gasteiger partial charge in [0.05, 0.1) is 7.11 Å². The summed E-state index contributed by atoms with van der Waals surface area (Å²) < 4.78 is 5.11. The molecule has 0 aliphatic heterocycles. The van der Waals surface area contributed by atoms with Gasteiger partial charge in [-0.3, -0.25) is 4.79 Å². The average Bonchev–Trinajstić information content (AvgIpc) is 2.87. The van der Waals surface area contributed by atoms with E-state index in [-0.39, 0.29) is 12.3 Å². The predicted octanol–water partition coefficient (Wildman–Crippen LogP) is 1.42. The van der Waals surface area contributed by atoms with E-state index in [0.29, 0.717) is 18.1 Å². The van der Waals surface area contributed by atoms with Crippen LogP contribution in [0.2, 0.25) is 0 Å². The van der Waals surface area contributed by atoms with Crippen molar-refractivity contribution in [3.63, 3.8) is 0 Å². The summed E-state index contributed by atoms with van der Waals surface area (Å²) in [6.07, 6.45) is 0.960. The van der Waals surface area contributed by atoms with Gasteiger partial charge in [-0.25, -0.2) is 0 Å². The zero-order valence-electron chi connectivity index (χ0n) is 11.1. The molecule has 0 fully saturated rings. The molecule has 7 heteroatoms. The second kappa shape index (κ2) is 6.97. The Bertz CT molecular complexity index is 568. The number of rotatable bonds is 6. The van der Waals surface area contributed by atoms with Crippen LogP contribution in [0, 0.1) is 0 Å². The van der Waals surface area contributed by atoms with Gasteiger partial charge < -0.3 is 15.8 Å². The summed E-state index contributed by atoms with van der Waals surface area (Å²) in [7, 11) is 1.63. The number of amides is 1. The fraction of sp³-hybridized carbons (Fsp3) is 0.308. The second-order valence-electron chi connectivity index (χ2n) is 4.11. The summed E-state index contributed by atoms with van der Waals surface area (Å²) in [6.45, 7) is 0.323. The van der Waals surface area contributed by atoms with Crippen molar-refractivity contribution < 1.29 is 9.53 Å². The highest BCUT2D eigenvalue weighted by molar-refractivity contribution is 7.15. The molecule has 0 spiro atoms. The molecule has 1 heterocycles. The lowest BCUT2D eigenvalue weighted by atomic mass is 10.1. The van der Waals surface area contributed by atoms with Crippen molar-refractivity contribution in [2.24, 2.45) is 5.73 Å². The van der Waals surface area contributed by atoms with E-state index in [4.69, 9.17) is 10.5 Å². The van der Waals surface area contributed by atoms with Gasteiger partial charge in [0.2, 0.25) is 11.0 Å². The maximum absolute atomic E-state index is 11.4. The summed E-state index contributed by atoms with van der Waals surface area (Å²) in [5.74, 6) is 0.681. The van der Waals surface area contributed by atoms with Crippen LogP contribution < -0.4 is 15.8 Å². The molecule has 0 unspecified atom stereocenters. The van der Waals surface area contributed by atoms with Crippen molar-refractivity contribution in [2.75, 3.05) is 19.0 Å². The molecular weight excluding hydrogens is 276 g/mol. The van der Waals surface area contributed by atoms with Gasteiger partial charge in [-0.15, -0.1) is 10.2 Å². The van der Waals surface area contributed by atoms with Crippen molar-refractivity contribution in [3.8, 4) is 5.75 Å². The molecule has 0 radical (unpaired) electrons. The maximum Gasteiger partial charge on any atom is 0.227 e. The number of hydrogen-bond acceptors (Lipinski definition) is 6. The van der Waals surface area contributed by atoms with Crippen molar-refractivity contribution in [1.29, 1.82) is 0 Å². The number of hydrogen-bond donors (Lipinski definition) is 2. The first kappa shape index (κ1) is 14.4. The second-order valence-corrected chi connectivity index (χ2v) is 5.17. The van der Waals surface area contributed by atoms with Crippen LogP contribution in [0.1, 0.15) is 17.0 Å². The Balaban J connectivity index is 1.96. The zero-order chi connectivity index (χ0) is 14.4. The first-order chi connectivity index (χ1) is 9.71. The van der Waals surface area contributed by atoms with Gasteiger partial charge in [0.25, 0.3) is 0 Å². The van der Waals surface area contributed by atoms with E-state index in [1.165, 1.54) is 11.3 Å². The molecule has 0 bridgehead atoms. The number of ether oxygens (including phenoxy) is 1. The first-order valence-corrected chi connectivity index (χ1v) is 6.98. The molecule has 0 aliphatic carbocycles. The van der Waals surface area contributed by atoms with E-state index in [0.717, 1.165) is 16.3 Å². The highest BCUT2D eigenvalue weighted by atomic mass is 32.1. The number of nitrogens with two attached hydrogens (primary N) is 1. The molecule has 106 valence electrons. The summed E-state index contributed by atoms with van der Waals surface area (Å²) in [5, 5.41) is 12.0. The Kier molecular flexibility index (Phi) is 5.03. The summed E-state index contributed by atoms with van der Waals surface area (Å²) in [6, 6.07) is 7.76. The third kappa shape index (κ3) is 4.01. The zero-order valence-corrected chi connectivity index (χ0v) is 11.9. The van der Waals surface area contributed by atoms with Gasteiger partial charge in [0, 0.05) is 19.4 Å². The van der Waals surface area contributed by atoms with Gasteiger partial charge in [0.1, 0.15) is 10.8 Å². The number of nitrogens with one attached hydrogen (secondary N) is 1. The number of carbonyl (C=O) groups is 1. The molecular formula is C13H16N4O2S. The summed E-state index contributed by atoms with van der Waals surface area (Å²) >= 11 is 1.37. The third-order valence-electron chi connectivity index (χ3n) is 2.60. The molecule has 0 saturated heterocycles. The standard InChI is InChI=1S/C13H16N4O2S/c1-19-10-4-2-9(3-5-10)8-12-16-17-13(20-12)15-11(18)6-7-14/h2-5H,6-8,14H2,1H3,(H,15,17,18). The van der Waals surface area contributed by atoms with Crippen LogP contribution in [0.5, 0.6) is 5.75 Å². The molecule has 20 heavy (non-hydrogen) atoms. The number of methoxy groups -OCH3 is 1. The first-order valence-electron chi connectivity index (χ1n) is 6.16. The van der Waals surface area contributed by atoms with Crippen molar-refractivity contribution in [3.05, 3.63) is 34.8 Å². The normalized spacial score (nSPS) is 10.3. The lowest BCUT2D eigenvalue weighted by molar-refractivity contribution is -0.116. The Morgan fingerprint density at radius 3 is 2.75 bits per heavy atom. The number of aromatic nitrogens is 2. The monoisotopic (exact) mass is 292 g/mol. The molecule has 2 rings (SSSR count). The molecule has 2 aromatic rings. The van der Waals surface area contributed by atoms with Gasteiger partial charge in [-0.2, -0.15) is 0 Å². The number of carbonyl (C=O) groups excluding carboxylic acids is 1. The lowest BCUT2D eigenvalue weighted by Crippen LogP contribution is -2.15. The van der Waals surface area contributed by atoms with E-state index in [2.05, 4.69) is 15.5 Å². The van der Waals surface area contributed by atoms with Crippen molar-refractivity contribution >= 4 is 22.4 Å². The smallest absolute Gasteiger partial charge is 0.227 e. The van der Waals surface area contributed by atoms with Crippen LogP contribution >= 0.6 is 11.3 Å². The molecule has 0 atom stereocenters. The quantitative estimate of drug-likeness (QED) is 0.840. The van der Waals surface area contributed by atoms with Crippen molar-refractivity contribution in [2.45, 2.75) is 12.8 Å². The Labute approximate surface area is 121 Å². The summed E-state index contributed by atoms with van der Waals surface area (Å²) in [4.78, 5) is 11.4. The largest absolute Gasteiger partial charge is 0.497 e. The predicted molar refractivity (Wildman–Crippen MR) is 78.0 cm³/mol. The molecule has 0 aliphatic rings. The van der Waals surface area contributed by atoms with Crippen LogP contribution in [0.25, 0.3) is 0 Å². The highest BCUT2D eigenvalue weighted by Crippen LogP contribution is 2.20. The van der Waals surface area contributed by atoms with Gasteiger partial charge in [-0.1, -0.05) is 23.5 Å². The number of anilines is 1. The minimum atomic E-state index is -0.139. The van der Waals surface area contributed by atoms with Gasteiger partial charge in [-0.05, 0) is 17.7 Å². The molecule has 1 aromatic carbocycles. The highest BCUT2D eigenvalue weighted by Gasteiger charge is 2.08. The minimum Gasteiger partial charge on any atom is -0.497 e. The van der Waals surface area contributed by atoms with Crippen LogP contribution in [0.4, 0.5) is 5.13 Å². The summed E-state index contributed by atoms with van der Waals surface area (Å²) in [5.41, 5.74) is 6.42. The van der Waals surface area contributed by atoms with Crippen molar-refractivity contribution in [1.82, 2.24) is 10.2 Å². The SMILES string of the molecule is COc1ccc(Cc2nnc(NC(=O)CCN)s2)cc1. The van der Waals surface area contributed by atoms with Gasteiger partial charge >= 0.3 is 0 Å². The molecule has 1 aromatic heterocycles. The van der Waals surface area contributed by atoms with E-state index < -0.39 is 0 Å². The number of nitrogens with zero attached hydrogens (tertiary/aromatic N) is 2. The Morgan fingerprint density at radius 2 is 2.10 bits per heavy atom. The molecule has 3 N–H and O–H groups in total. The van der Waals surface area contributed by atoms with Crippen LogP contribution in [-0.4, -0.2) is 29.8 Å². The Morgan fingerprint density at radius 1 is 1.35 bits per heavy atom. The van der Waals surface area contributed by atoms with Crippen LogP contribution in [0.15, 0.2) is 24.3 Å². The van der Waals surface area contributed by atoms with E-state index in [1.807, 2.05) is 24.3 Å². The van der Waals surface area contributed by atoms with Crippen LogP contribution in [-0.2, 0) is 11.2 Å². The molecule has 6 nitrogen and oxygen atoms in total. The Hall–Kier alpha value is -1.99. The minimum absolute atomic E-state index is 0.139.